The quantitative estimate of drug-likeness (QED) is 0.865. The number of nitrogens with two attached hydrogens (primary N) is 1. The maximum Gasteiger partial charge on any atom is 0.253 e. The number of nitrogens with one attached hydrogen (secondary N) is 1. The van der Waals surface area contributed by atoms with Gasteiger partial charge in [-0.05, 0) is 26.0 Å². The highest BCUT2D eigenvalue weighted by molar-refractivity contribution is 6.43. The van der Waals surface area contributed by atoms with Gasteiger partial charge in [-0.25, -0.2) is 0 Å². The van der Waals surface area contributed by atoms with Gasteiger partial charge in [-0.1, -0.05) is 29.3 Å². The van der Waals surface area contributed by atoms with E-state index in [1.165, 1.54) is 4.90 Å². The zero-order valence-electron chi connectivity index (χ0n) is 12.2. The number of amides is 2. The lowest BCUT2D eigenvalue weighted by Crippen LogP contribution is -2.49. The second kappa shape index (κ2) is 7.64. The summed E-state index contributed by atoms with van der Waals surface area (Å²) < 4.78 is 0. The molecule has 2 amide bonds. The van der Waals surface area contributed by atoms with E-state index in [0.717, 1.165) is 0 Å². The molecule has 5 nitrogen and oxygen atoms in total. The van der Waals surface area contributed by atoms with Crippen LogP contribution in [0, 0.1) is 0 Å². The third-order valence-corrected chi connectivity index (χ3v) is 4.08. The van der Waals surface area contributed by atoms with Crippen molar-refractivity contribution in [2.24, 2.45) is 5.73 Å². The van der Waals surface area contributed by atoms with E-state index in [-0.39, 0.29) is 27.6 Å². The second-order valence-corrected chi connectivity index (χ2v) is 5.62. The van der Waals surface area contributed by atoms with Crippen molar-refractivity contribution < 1.29 is 9.59 Å². The average Bonchev–Trinajstić information content (AvgIpc) is 2.47. The highest BCUT2D eigenvalue weighted by atomic mass is 35.5. The predicted octanol–water partition coefficient (Wildman–Crippen LogP) is 1.92. The van der Waals surface area contributed by atoms with E-state index in [1.807, 2.05) is 6.92 Å². The number of benzene rings is 1. The van der Waals surface area contributed by atoms with Gasteiger partial charge in [-0.3, -0.25) is 9.59 Å². The van der Waals surface area contributed by atoms with E-state index >= 15 is 0 Å². The molecule has 2 unspecified atom stereocenters. The highest BCUT2D eigenvalue weighted by Gasteiger charge is 2.23. The van der Waals surface area contributed by atoms with Crippen LogP contribution in [0.15, 0.2) is 18.2 Å². The van der Waals surface area contributed by atoms with Crippen molar-refractivity contribution in [3.05, 3.63) is 33.8 Å². The van der Waals surface area contributed by atoms with Crippen LogP contribution in [0.4, 0.5) is 0 Å². The molecule has 1 aromatic carbocycles. The fourth-order valence-electron chi connectivity index (χ4n) is 1.70. The van der Waals surface area contributed by atoms with Crippen molar-refractivity contribution in [1.29, 1.82) is 0 Å². The van der Waals surface area contributed by atoms with Crippen molar-refractivity contribution in [2.45, 2.75) is 25.9 Å². The maximum atomic E-state index is 12.2. The molecule has 1 aromatic rings. The van der Waals surface area contributed by atoms with Crippen molar-refractivity contribution in [3.8, 4) is 0 Å². The topological polar surface area (TPSA) is 75.4 Å². The first kappa shape index (κ1) is 17.8. The molecule has 3 N–H and O–H groups in total. The van der Waals surface area contributed by atoms with Crippen LogP contribution in [-0.2, 0) is 4.79 Å². The Bertz CT molecular complexity index is 537. The van der Waals surface area contributed by atoms with E-state index < -0.39 is 11.9 Å². The third-order valence-electron chi connectivity index (χ3n) is 3.26. The summed E-state index contributed by atoms with van der Waals surface area (Å²) >= 11 is 11.8. The Kier molecular flexibility index (Phi) is 6.45. The first-order valence-corrected chi connectivity index (χ1v) is 7.26. The van der Waals surface area contributed by atoms with E-state index in [2.05, 4.69) is 5.32 Å². The van der Waals surface area contributed by atoms with Crippen LogP contribution < -0.4 is 11.1 Å². The summed E-state index contributed by atoms with van der Waals surface area (Å²) in [7, 11) is 1.65. The van der Waals surface area contributed by atoms with Crippen molar-refractivity contribution in [3.63, 3.8) is 0 Å². The van der Waals surface area contributed by atoms with Gasteiger partial charge >= 0.3 is 0 Å². The van der Waals surface area contributed by atoms with Gasteiger partial charge in [0.05, 0.1) is 15.6 Å². The molecule has 7 heteroatoms. The molecular formula is C14H19Cl2N3O2. The van der Waals surface area contributed by atoms with Crippen molar-refractivity contribution >= 4 is 35.0 Å². The van der Waals surface area contributed by atoms with Gasteiger partial charge in [0, 0.05) is 19.6 Å². The highest BCUT2D eigenvalue weighted by Crippen LogP contribution is 2.25. The van der Waals surface area contributed by atoms with Gasteiger partial charge in [0.1, 0.15) is 6.04 Å². The number of hydrogen-bond acceptors (Lipinski definition) is 3. The Hall–Kier alpha value is -1.30. The molecule has 0 saturated heterocycles. The van der Waals surface area contributed by atoms with Crippen LogP contribution in [-0.4, -0.2) is 42.4 Å². The molecular weight excluding hydrogens is 313 g/mol. The van der Waals surface area contributed by atoms with Crippen LogP contribution in [0.3, 0.4) is 0 Å². The molecule has 0 radical (unpaired) electrons. The number of nitrogens with zero attached hydrogens (tertiary/aromatic N) is 1. The number of rotatable bonds is 5. The summed E-state index contributed by atoms with van der Waals surface area (Å²) in [6.07, 6.45) is 0. The monoisotopic (exact) mass is 331 g/mol. The largest absolute Gasteiger partial charge is 0.340 e. The predicted molar refractivity (Wildman–Crippen MR) is 84.7 cm³/mol. The minimum absolute atomic E-state index is 0.105. The third kappa shape index (κ3) is 4.33. The van der Waals surface area contributed by atoms with Crippen LogP contribution in [0.2, 0.25) is 10.0 Å². The molecule has 0 aromatic heterocycles. The van der Waals surface area contributed by atoms with Crippen LogP contribution in [0.25, 0.3) is 0 Å². The molecule has 116 valence electrons. The van der Waals surface area contributed by atoms with Gasteiger partial charge < -0.3 is 16.0 Å². The molecule has 0 fully saturated rings. The van der Waals surface area contributed by atoms with Crippen molar-refractivity contribution in [1.82, 2.24) is 10.2 Å². The Morgan fingerprint density at radius 1 is 1.33 bits per heavy atom. The fourth-order valence-corrected chi connectivity index (χ4v) is 2.08. The van der Waals surface area contributed by atoms with E-state index in [0.29, 0.717) is 6.54 Å². The Labute approximate surface area is 134 Å². The molecule has 0 aliphatic carbocycles. The SMILES string of the molecule is CC(NC(=O)c1cccc(Cl)c1Cl)C(=O)N(C)C(C)CN. The number of carbonyl (C=O) groups excluding carboxylic acids is 2. The van der Waals surface area contributed by atoms with Gasteiger partial charge in [0.2, 0.25) is 5.91 Å². The standard InChI is InChI=1S/C14H19Cl2N3O2/c1-8(7-17)19(3)14(21)9(2)18-13(20)10-5-4-6-11(15)12(10)16/h4-6,8-9H,7,17H2,1-3H3,(H,18,20). The minimum Gasteiger partial charge on any atom is -0.340 e. The average molecular weight is 332 g/mol. The lowest BCUT2D eigenvalue weighted by Gasteiger charge is -2.27. The molecule has 0 spiro atoms. The lowest BCUT2D eigenvalue weighted by atomic mass is 10.2. The fraction of sp³-hybridized carbons (Fsp3) is 0.429. The lowest BCUT2D eigenvalue weighted by molar-refractivity contribution is -0.133. The summed E-state index contributed by atoms with van der Waals surface area (Å²) in [4.78, 5) is 25.8. The van der Waals surface area contributed by atoms with Gasteiger partial charge in [-0.15, -0.1) is 0 Å². The second-order valence-electron chi connectivity index (χ2n) is 4.83. The zero-order chi connectivity index (χ0) is 16.2. The van der Waals surface area contributed by atoms with Gasteiger partial charge in [0.15, 0.2) is 0 Å². The summed E-state index contributed by atoms with van der Waals surface area (Å²) in [5.74, 6) is -0.670. The first-order valence-electron chi connectivity index (χ1n) is 6.51. The molecule has 0 aliphatic heterocycles. The maximum absolute atomic E-state index is 12.2. The molecule has 0 bridgehead atoms. The number of hydrogen-bond donors (Lipinski definition) is 2. The van der Waals surface area contributed by atoms with E-state index in [9.17, 15) is 9.59 Å². The molecule has 1 rings (SSSR count). The molecule has 0 aliphatic rings. The number of halogens is 2. The molecule has 2 atom stereocenters. The van der Waals surface area contributed by atoms with E-state index in [4.69, 9.17) is 28.9 Å². The zero-order valence-corrected chi connectivity index (χ0v) is 13.7. The Balaban J connectivity index is 2.79. The normalized spacial score (nSPS) is 13.4. The smallest absolute Gasteiger partial charge is 0.253 e. The van der Waals surface area contributed by atoms with E-state index in [1.54, 1.807) is 32.2 Å². The van der Waals surface area contributed by atoms with Gasteiger partial charge in [-0.2, -0.15) is 0 Å². The van der Waals surface area contributed by atoms with Crippen LogP contribution in [0.5, 0.6) is 0 Å². The van der Waals surface area contributed by atoms with Gasteiger partial charge in [0.25, 0.3) is 5.91 Å². The Morgan fingerprint density at radius 3 is 2.52 bits per heavy atom. The molecule has 21 heavy (non-hydrogen) atoms. The summed E-state index contributed by atoms with van der Waals surface area (Å²) in [6.45, 7) is 3.79. The van der Waals surface area contributed by atoms with Crippen LogP contribution in [0.1, 0.15) is 24.2 Å². The first-order chi connectivity index (χ1) is 9.79. The number of likely N-dealkylation sites (N-methyl/N-ethyl adjacent to an activating group) is 1. The minimum atomic E-state index is -0.688. The summed E-state index contributed by atoms with van der Waals surface area (Å²) in [5.41, 5.74) is 5.76. The molecule has 0 saturated carbocycles. The van der Waals surface area contributed by atoms with Crippen LogP contribution >= 0.6 is 23.2 Å². The number of carbonyl (C=O) groups is 2. The van der Waals surface area contributed by atoms with Crippen molar-refractivity contribution in [2.75, 3.05) is 13.6 Å². The molecule has 0 heterocycles. The Morgan fingerprint density at radius 2 is 1.95 bits per heavy atom. The summed E-state index contributed by atoms with van der Waals surface area (Å²) in [5, 5.41) is 3.07. The summed E-state index contributed by atoms with van der Waals surface area (Å²) in [6, 6.07) is 3.97.